The number of aliphatic hydroxyl groups excluding tert-OH is 1. The van der Waals surface area contributed by atoms with Crippen LogP contribution in [0.15, 0.2) is 18.2 Å². The second-order valence-electron chi connectivity index (χ2n) is 3.22. The fourth-order valence-corrected chi connectivity index (χ4v) is 1.01. The Hall–Kier alpha value is -1.42. The highest BCUT2D eigenvalue weighted by atomic mass is 16.3. The first-order valence-electron chi connectivity index (χ1n) is 4.49. The Balaban J connectivity index is 2.70. The van der Waals surface area contributed by atoms with E-state index in [1.165, 1.54) is 0 Å². The molecule has 0 aliphatic heterocycles. The molecule has 0 bridgehead atoms. The third-order valence-corrected chi connectivity index (χ3v) is 1.77. The SMILES string of the molecule is Cc1cccc(C(=O)N[C@@H](C)CO)n1. The quantitative estimate of drug-likeness (QED) is 0.736. The van der Waals surface area contributed by atoms with Crippen molar-refractivity contribution in [3.63, 3.8) is 0 Å². The molecular weight excluding hydrogens is 180 g/mol. The van der Waals surface area contributed by atoms with Crippen LogP contribution in [0.5, 0.6) is 0 Å². The van der Waals surface area contributed by atoms with Gasteiger partial charge in [0, 0.05) is 11.7 Å². The number of amides is 1. The molecule has 1 aromatic heterocycles. The number of aromatic nitrogens is 1. The number of carbonyl (C=O) groups is 1. The molecular formula is C10H14N2O2. The van der Waals surface area contributed by atoms with Crippen LogP contribution in [0.25, 0.3) is 0 Å². The summed E-state index contributed by atoms with van der Waals surface area (Å²) < 4.78 is 0. The van der Waals surface area contributed by atoms with Crippen LogP contribution < -0.4 is 5.32 Å². The number of nitrogens with one attached hydrogen (secondary N) is 1. The Morgan fingerprint density at radius 2 is 2.36 bits per heavy atom. The minimum Gasteiger partial charge on any atom is -0.394 e. The first-order valence-corrected chi connectivity index (χ1v) is 4.49. The normalized spacial score (nSPS) is 12.2. The zero-order valence-electron chi connectivity index (χ0n) is 8.32. The molecule has 0 saturated heterocycles. The highest BCUT2D eigenvalue weighted by Gasteiger charge is 2.09. The molecule has 0 radical (unpaired) electrons. The van der Waals surface area contributed by atoms with Crippen molar-refractivity contribution in [2.75, 3.05) is 6.61 Å². The average Bonchev–Trinajstić information content (AvgIpc) is 2.17. The van der Waals surface area contributed by atoms with Gasteiger partial charge in [-0.15, -0.1) is 0 Å². The van der Waals surface area contributed by atoms with E-state index in [-0.39, 0.29) is 18.6 Å². The average molecular weight is 194 g/mol. The molecule has 4 nitrogen and oxygen atoms in total. The van der Waals surface area contributed by atoms with Crippen molar-refractivity contribution in [1.82, 2.24) is 10.3 Å². The van der Waals surface area contributed by atoms with Gasteiger partial charge >= 0.3 is 0 Å². The van der Waals surface area contributed by atoms with E-state index in [0.29, 0.717) is 5.69 Å². The fourth-order valence-electron chi connectivity index (χ4n) is 1.01. The summed E-state index contributed by atoms with van der Waals surface area (Å²) in [6, 6.07) is 5.00. The molecule has 0 aliphatic rings. The summed E-state index contributed by atoms with van der Waals surface area (Å²) in [7, 11) is 0. The molecule has 1 amide bonds. The lowest BCUT2D eigenvalue weighted by Gasteiger charge is -2.10. The van der Waals surface area contributed by atoms with Gasteiger partial charge in [0.25, 0.3) is 5.91 Å². The number of hydrogen-bond acceptors (Lipinski definition) is 3. The standard InChI is InChI=1S/C10H14N2O2/c1-7-4-3-5-9(11-7)10(14)12-8(2)6-13/h3-5,8,13H,6H2,1-2H3,(H,12,14)/t8-/m0/s1. The smallest absolute Gasteiger partial charge is 0.270 e. The van der Waals surface area contributed by atoms with Gasteiger partial charge in [-0.05, 0) is 26.0 Å². The van der Waals surface area contributed by atoms with E-state index in [4.69, 9.17) is 5.11 Å². The van der Waals surface area contributed by atoms with E-state index in [1.54, 1.807) is 19.1 Å². The summed E-state index contributed by atoms with van der Waals surface area (Å²) >= 11 is 0. The van der Waals surface area contributed by atoms with E-state index in [2.05, 4.69) is 10.3 Å². The molecule has 76 valence electrons. The first-order chi connectivity index (χ1) is 6.63. The number of nitrogens with zero attached hydrogens (tertiary/aromatic N) is 1. The van der Waals surface area contributed by atoms with Crippen LogP contribution in [-0.2, 0) is 0 Å². The molecule has 1 rings (SSSR count). The second kappa shape index (κ2) is 4.72. The Morgan fingerprint density at radius 1 is 1.64 bits per heavy atom. The lowest BCUT2D eigenvalue weighted by atomic mass is 10.3. The van der Waals surface area contributed by atoms with Crippen molar-refractivity contribution >= 4 is 5.91 Å². The Bertz CT molecular complexity index is 326. The summed E-state index contributed by atoms with van der Waals surface area (Å²) in [6.45, 7) is 3.48. The number of aryl methyl sites for hydroxylation is 1. The third kappa shape index (κ3) is 2.81. The Labute approximate surface area is 83.0 Å². The predicted octanol–water partition coefficient (Wildman–Crippen LogP) is 0.501. The van der Waals surface area contributed by atoms with Gasteiger partial charge in [0.05, 0.1) is 6.61 Å². The highest BCUT2D eigenvalue weighted by Crippen LogP contribution is 1.98. The van der Waals surface area contributed by atoms with Gasteiger partial charge < -0.3 is 10.4 Å². The fraction of sp³-hybridized carbons (Fsp3) is 0.400. The van der Waals surface area contributed by atoms with Gasteiger partial charge in [-0.2, -0.15) is 0 Å². The van der Waals surface area contributed by atoms with Crippen molar-refractivity contribution in [3.05, 3.63) is 29.6 Å². The molecule has 1 heterocycles. The molecule has 0 aliphatic carbocycles. The summed E-state index contributed by atoms with van der Waals surface area (Å²) in [6.07, 6.45) is 0. The molecule has 0 unspecified atom stereocenters. The summed E-state index contributed by atoms with van der Waals surface area (Å²) in [5.74, 6) is -0.254. The van der Waals surface area contributed by atoms with Crippen LogP contribution >= 0.6 is 0 Å². The lowest BCUT2D eigenvalue weighted by Crippen LogP contribution is -2.35. The lowest BCUT2D eigenvalue weighted by molar-refractivity contribution is 0.0917. The molecule has 0 spiro atoms. The topological polar surface area (TPSA) is 62.2 Å². The van der Waals surface area contributed by atoms with Crippen LogP contribution in [-0.4, -0.2) is 28.6 Å². The first kappa shape index (κ1) is 10.7. The van der Waals surface area contributed by atoms with Crippen molar-refractivity contribution in [2.24, 2.45) is 0 Å². The molecule has 14 heavy (non-hydrogen) atoms. The van der Waals surface area contributed by atoms with Crippen molar-refractivity contribution in [2.45, 2.75) is 19.9 Å². The number of hydrogen-bond donors (Lipinski definition) is 2. The molecule has 0 saturated carbocycles. The monoisotopic (exact) mass is 194 g/mol. The number of rotatable bonds is 3. The van der Waals surface area contributed by atoms with Gasteiger partial charge in [0.15, 0.2) is 0 Å². The zero-order chi connectivity index (χ0) is 10.6. The second-order valence-corrected chi connectivity index (χ2v) is 3.22. The van der Waals surface area contributed by atoms with Gasteiger partial charge in [0.2, 0.25) is 0 Å². The van der Waals surface area contributed by atoms with Crippen molar-refractivity contribution in [3.8, 4) is 0 Å². The van der Waals surface area contributed by atoms with E-state index in [0.717, 1.165) is 5.69 Å². The molecule has 0 aromatic carbocycles. The van der Waals surface area contributed by atoms with E-state index >= 15 is 0 Å². The summed E-state index contributed by atoms with van der Waals surface area (Å²) in [5.41, 5.74) is 1.18. The summed E-state index contributed by atoms with van der Waals surface area (Å²) in [5, 5.41) is 11.4. The van der Waals surface area contributed by atoms with Crippen LogP contribution in [0.2, 0.25) is 0 Å². The molecule has 2 N–H and O–H groups in total. The number of pyridine rings is 1. The molecule has 4 heteroatoms. The minimum atomic E-state index is -0.254. The maximum atomic E-state index is 11.5. The largest absolute Gasteiger partial charge is 0.394 e. The van der Waals surface area contributed by atoms with Crippen LogP contribution in [0.3, 0.4) is 0 Å². The van der Waals surface area contributed by atoms with Gasteiger partial charge in [-0.25, -0.2) is 4.98 Å². The molecule has 1 atom stereocenters. The maximum Gasteiger partial charge on any atom is 0.270 e. The zero-order valence-corrected chi connectivity index (χ0v) is 8.32. The third-order valence-electron chi connectivity index (χ3n) is 1.77. The van der Waals surface area contributed by atoms with Crippen LogP contribution in [0.4, 0.5) is 0 Å². The van der Waals surface area contributed by atoms with Gasteiger partial charge in [-0.1, -0.05) is 6.07 Å². The highest BCUT2D eigenvalue weighted by molar-refractivity contribution is 5.92. The van der Waals surface area contributed by atoms with Crippen LogP contribution in [0.1, 0.15) is 23.1 Å². The minimum absolute atomic E-state index is 0.0719. The van der Waals surface area contributed by atoms with E-state index < -0.39 is 0 Å². The maximum absolute atomic E-state index is 11.5. The van der Waals surface area contributed by atoms with E-state index in [1.807, 2.05) is 13.0 Å². The Morgan fingerprint density at radius 3 is 2.93 bits per heavy atom. The summed E-state index contributed by atoms with van der Waals surface area (Å²) in [4.78, 5) is 15.5. The Kier molecular flexibility index (Phi) is 3.59. The van der Waals surface area contributed by atoms with Crippen LogP contribution in [0, 0.1) is 6.92 Å². The number of carbonyl (C=O) groups excluding carboxylic acids is 1. The van der Waals surface area contributed by atoms with Gasteiger partial charge in [-0.3, -0.25) is 4.79 Å². The van der Waals surface area contributed by atoms with Gasteiger partial charge in [0.1, 0.15) is 5.69 Å². The van der Waals surface area contributed by atoms with Crippen molar-refractivity contribution in [1.29, 1.82) is 0 Å². The number of aliphatic hydroxyl groups is 1. The van der Waals surface area contributed by atoms with E-state index in [9.17, 15) is 4.79 Å². The molecule has 0 fully saturated rings. The van der Waals surface area contributed by atoms with Crippen molar-refractivity contribution < 1.29 is 9.90 Å². The predicted molar refractivity (Wildman–Crippen MR) is 53.0 cm³/mol. The molecule has 1 aromatic rings.